The second-order valence-corrected chi connectivity index (χ2v) is 4.29. The molecule has 0 atom stereocenters. The van der Waals surface area contributed by atoms with E-state index in [1.165, 1.54) is 0 Å². The number of rotatable bonds is 4. The molecule has 0 aliphatic rings. The van der Waals surface area contributed by atoms with Crippen LogP contribution in [0.15, 0.2) is 36.7 Å². The Bertz CT molecular complexity index is 508. The molecule has 0 saturated heterocycles. The van der Waals surface area contributed by atoms with Gasteiger partial charge in [0.05, 0.1) is 13.7 Å². The molecule has 2 aromatic rings. The van der Waals surface area contributed by atoms with Crippen LogP contribution in [0.25, 0.3) is 0 Å². The zero-order chi connectivity index (χ0) is 12.3. The standard InChI is InChI=1S/C13H15ClN2O/c1-17-13-3-2-12(14)6-11(13)9-16-5-4-10(7-15)8-16/h2-6,8H,7,9,15H2,1H3. The normalized spacial score (nSPS) is 10.5. The van der Waals surface area contributed by atoms with Crippen LogP contribution < -0.4 is 10.5 Å². The van der Waals surface area contributed by atoms with Crippen molar-refractivity contribution in [1.29, 1.82) is 0 Å². The van der Waals surface area contributed by atoms with Gasteiger partial charge >= 0.3 is 0 Å². The van der Waals surface area contributed by atoms with E-state index in [0.29, 0.717) is 11.6 Å². The number of methoxy groups -OCH3 is 1. The van der Waals surface area contributed by atoms with Gasteiger partial charge < -0.3 is 15.0 Å². The highest BCUT2D eigenvalue weighted by atomic mass is 35.5. The average molecular weight is 251 g/mol. The summed E-state index contributed by atoms with van der Waals surface area (Å²) in [4.78, 5) is 0. The molecule has 0 unspecified atom stereocenters. The average Bonchev–Trinajstić information content (AvgIpc) is 2.77. The van der Waals surface area contributed by atoms with Crippen LogP contribution in [-0.2, 0) is 13.1 Å². The van der Waals surface area contributed by atoms with Crippen LogP contribution in [-0.4, -0.2) is 11.7 Å². The number of ether oxygens (including phenoxy) is 1. The van der Waals surface area contributed by atoms with E-state index in [1.54, 1.807) is 7.11 Å². The minimum Gasteiger partial charge on any atom is -0.496 e. The summed E-state index contributed by atoms with van der Waals surface area (Å²) in [6, 6.07) is 7.63. The van der Waals surface area contributed by atoms with E-state index in [1.807, 2.05) is 36.7 Å². The van der Waals surface area contributed by atoms with Crippen LogP contribution in [0, 0.1) is 0 Å². The highest BCUT2D eigenvalue weighted by Gasteiger charge is 2.05. The van der Waals surface area contributed by atoms with Crippen LogP contribution in [0.2, 0.25) is 5.02 Å². The maximum Gasteiger partial charge on any atom is 0.123 e. The molecule has 17 heavy (non-hydrogen) atoms. The van der Waals surface area contributed by atoms with Crippen molar-refractivity contribution in [1.82, 2.24) is 4.57 Å². The van der Waals surface area contributed by atoms with Crippen molar-refractivity contribution in [2.24, 2.45) is 5.73 Å². The van der Waals surface area contributed by atoms with Crippen molar-refractivity contribution in [3.05, 3.63) is 52.8 Å². The fourth-order valence-electron chi connectivity index (χ4n) is 1.78. The highest BCUT2D eigenvalue weighted by Crippen LogP contribution is 2.23. The van der Waals surface area contributed by atoms with E-state index < -0.39 is 0 Å². The molecular formula is C13H15ClN2O. The Hall–Kier alpha value is -1.45. The molecule has 0 radical (unpaired) electrons. The first kappa shape index (κ1) is 12.0. The first-order chi connectivity index (χ1) is 8.22. The minimum atomic E-state index is 0.555. The smallest absolute Gasteiger partial charge is 0.123 e. The Morgan fingerprint density at radius 1 is 1.35 bits per heavy atom. The van der Waals surface area contributed by atoms with E-state index in [2.05, 4.69) is 4.57 Å². The maximum absolute atomic E-state index is 5.99. The van der Waals surface area contributed by atoms with Crippen molar-refractivity contribution in [2.45, 2.75) is 13.1 Å². The van der Waals surface area contributed by atoms with Gasteiger partial charge in [-0.3, -0.25) is 0 Å². The Morgan fingerprint density at radius 2 is 2.18 bits per heavy atom. The molecule has 0 aliphatic heterocycles. The van der Waals surface area contributed by atoms with Gasteiger partial charge in [-0.15, -0.1) is 0 Å². The van der Waals surface area contributed by atoms with Crippen molar-refractivity contribution in [3.63, 3.8) is 0 Å². The predicted molar refractivity (Wildman–Crippen MR) is 69.4 cm³/mol. The monoisotopic (exact) mass is 250 g/mol. The van der Waals surface area contributed by atoms with E-state index in [-0.39, 0.29) is 0 Å². The van der Waals surface area contributed by atoms with Crippen LogP contribution in [0.1, 0.15) is 11.1 Å². The summed E-state index contributed by atoms with van der Waals surface area (Å²) < 4.78 is 7.37. The lowest BCUT2D eigenvalue weighted by Gasteiger charge is -2.09. The summed E-state index contributed by atoms with van der Waals surface area (Å²) in [5.41, 5.74) is 7.75. The summed E-state index contributed by atoms with van der Waals surface area (Å²) in [6.07, 6.45) is 4.03. The van der Waals surface area contributed by atoms with Gasteiger partial charge in [-0.25, -0.2) is 0 Å². The number of nitrogens with two attached hydrogens (primary N) is 1. The fourth-order valence-corrected chi connectivity index (χ4v) is 1.97. The second-order valence-electron chi connectivity index (χ2n) is 3.85. The van der Waals surface area contributed by atoms with Crippen molar-refractivity contribution in [3.8, 4) is 5.75 Å². The number of halogens is 1. The molecule has 1 aromatic carbocycles. The summed E-state index contributed by atoms with van der Waals surface area (Å²) in [6.45, 7) is 1.28. The lowest BCUT2D eigenvalue weighted by atomic mass is 10.2. The van der Waals surface area contributed by atoms with Gasteiger partial charge in [0.2, 0.25) is 0 Å². The lowest BCUT2D eigenvalue weighted by Crippen LogP contribution is -2.00. The molecule has 0 fully saturated rings. The molecule has 1 heterocycles. The molecule has 3 nitrogen and oxygen atoms in total. The minimum absolute atomic E-state index is 0.555. The summed E-state index contributed by atoms with van der Waals surface area (Å²) >= 11 is 5.99. The van der Waals surface area contributed by atoms with Crippen molar-refractivity contribution >= 4 is 11.6 Å². The van der Waals surface area contributed by atoms with Gasteiger partial charge in [0, 0.05) is 29.5 Å². The van der Waals surface area contributed by atoms with Crippen molar-refractivity contribution in [2.75, 3.05) is 7.11 Å². The quantitative estimate of drug-likeness (QED) is 0.906. The first-order valence-electron chi connectivity index (χ1n) is 5.40. The van der Waals surface area contributed by atoms with E-state index in [4.69, 9.17) is 22.1 Å². The molecule has 0 amide bonds. The van der Waals surface area contributed by atoms with Gasteiger partial charge in [-0.2, -0.15) is 0 Å². The lowest BCUT2D eigenvalue weighted by molar-refractivity contribution is 0.408. The predicted octanol–water partition coefficient (Wildman–Crippen LogP) is 2.66. The number of aromatic nitrogens is 1. The van der Waals surface area contributed by atoms with Gasteiger partial charge in [0.25, 0.3) is 0 Å². The molecule has 0 bridgehead atoms. The largest absolute Gasteiger partial charge is 0.496 e. The molecular weight excluding hydrogens is 236 g/mol. The maximum atomic E-state index is 5.99. The fraction of sp³-hybridized carbons (Fsp3) is 0.231. The van der Waals surface area contributed by atoms with Crippen LogP contribution >= 0.6 is 11.6 Å². The zero-order valence-electron chi connectivity index (χ0n) is 9.69. The molecule has 4 heteroatoms. The van der Waals surface area contributed by atoms with E-state index >= 15 is 0 Å². The summed E-state index contributed by atoms with van der Waals surface area (Å²) in [7, 11) is 1.66. The Morgan fingerprint density at radius 3 is 2.82 bits per heavy atom. The van der Waals surface area contributed by atoms with E-state index in [0.717, 1.165) is 23.4 Å². The molecule has 0 saturated carbocycles. The topological polar surface area (TPSA) is 40.2 Å². The van der Waals surface area contributed by atoms with Gasteiger partial charge in [0.15, 0.2) is 0 Å². The second kappa shape index (κ2) is 5.25. The highest BCUT2D eigenvalue weighted by molar-refractivity contribution is 6.30. The van der Waals surface area contributed by atoms with Crippen LogP contribution in [0.3, 0.4) is 0 Å². The van der Waals surface area contributed by atoms with Crippen LogP contribution in [0.5, 0.6) is 5.75 Å². The number of benzene rings is 1. The van der Waals surface area contributed by atoms with Crippen LogP contribution in [0.4, 0.5) is 0 Å². The van der Waals surface area contributed by atoms with Crippen molar-refractivity contribution < 1.29 is 4.74 Å². The third-order valence-corrected chi connectivity index (χ3v) is 2.88. The molecule has 0 aliphatic carbocycles. The third kappa shape index (κ3) is 2.81. The SMILES string of the molecule is COc1ccc(Cl)cc1Cn1ccc(CN)c1. The molecule has 0 spiro atoms. The summed E-state index contributed by atoms with van der Waals surface area (Å²) in [5, 5.41) is 0.715. The third-order valence-electron chi connectivity index (χ3n) is 2.64. The van der Waals surface area contributed by atoms with Gasteiger partial charge in [-0.05, 0) is 29.8 Å². The Balaban J connectivity index is 2.25. The van der Waals surface area contributed by atoms with Gasteiger partial charge in [0.1, 0.15) is 5.75 Å². The van der Waals surface area contributed by atoms with E-state index in [9.17, 15) is 0 Å². The summed E-state index contributed by atoms with van der Waals surface area (Å²) in [5.74, 6) is 0.845. The van der Waals surface area contributed by atoms with Gasteiger partial charge in [-0.1, -0.05) is 11.6 Å². The molecule has 2 rings (SSSR count). The Labute approximate surface area is 106 Å². The Kier molecular flexibility index (Phi) is 3.71. The number of hydrogen-bond acceptors (Lipinski definition) is 2. The molecule has 2 N–H and O–H groups in total. The first-order valence-corrected chi connectivity index (χ1v) is 5.78. The number of hydrogen-bond donors (Lipinski definition) is 1. The number of nitrogens with zero attached hydrogens (tertiary/aromatic N) is 1. The zero-order valence-corrected chi connectivity index (χ0v) is 10.4. The molecule has 1 aromatic heterocycles. The molecule has 90 valence electrons.